The van der Waals surface area contributed by atoms with Gasteiger partial charge < -0.3 is 10.6 Å². The van der Waals surface area contributed by atoms with Gasteiger partial charge in [-0.25, -0.2) is 4.98 Å². The number of aryl methyl sites for hydroxylation is 2. The standard InChI is InChI=1S/C15H18ClN3OS/c1-4-12(14(20)19-15-17-10(3)8-21-15)18-13-7-11(16)6-5-9(13)2/h5-8,12,18H,4H2,1-3H3,(H,17,19,20)/t12-/m0/s1. The average Bonchev–Trinajstić information content (AvgIpc) is 2.84. The van der Waals surface area contributed by atoms with Crippen LogP contribution < -0.4 is 10.6 Å². The molecule has 0 bridgehead atoms. The Balaban J connectivity index is 2.08. The summed E-state index contributed by atoms with van der Waals surface area (Å²) in [5.74, 6) is -0.0915. The van der Waals surface area contributed by atoms with Crippen LogP contribution in [-0.2, 0) is 4.79 Å². The maximum atomic E-state index is 12.3. The lowest BCUT2D eigenvalue weighted by molar-refractivity contribution is -0.116. The Morgan fingerprint density at radius 2 is 2.19 bits per heavy atom. The molecule has 1 amide bonds. The molecule has 0 unspecified atom stereocenters. The first kappa shape index (κ1) is 15.8. The summed E-state index contributed by atoms with van der Waals surface area (Å²) >= 11 is 7.43. The molecule has 0 aliphatic carbocycles. The van der Waals surface area contributed by atoms with E-state index in [-0.39, 0.29) is 11.9 Å². The highest BCUT2D eigenvalue weighted by Gasteiger charge is 2.18. The quantitative estimate of drug-likeness (QED) is 0.865. The number of nitrogens with one attached hydrogen (secondary N) is 2. The van der Waals surface area contributed by atoms with E-state index < -0.39 is 0 Å². The fourth-order valence-electron chi connectivity index (χ4n) is 1.89. The van der Waals surface area contributed by atoms with E-state index in [1.54, 1.807) is 0 Å². The average molecular weight is 324 g/mol. The van der Waals surface area contributed by atoms with Gasteiger partial charge in [-0.2, -0.15) is 0 Å². The highest BCUT2D eigenvalue weighted by atomic mass is 35.5. The van der Waals surface area contributed by atoms with E-state index in [2.05, 4.69) is 15.6 Å². The van der Waals surface area contributed by atoms with Gasteiger partial charge in [0.2, 0.25) is 5.91 Å². The van der Waals surface area contributed by atoms with Crippen molar-refractivity contribution >= 4 is 39.7 Å². The molecule has 4 nitrogen and oxygen atoms in total. The van der Waals surface area contributed by atoms with Gasteiger partial charge in [0.25, 0.3) is 0 Å². The molecular formula is C15H18ClN3OS. The first-order chi connectivity index (χ1) is 9.99. The van der Waals surface area contributed by atoms with Crippen LogP contribution >= 0.6 is 22.9 Å². The first-order valence-corrected chi connectivity index (χ1v) is 8.01. The van der Waals surface area contributed by atoms with Gasteiger partial charge >= 0.3 is 0 Å². The van der Waals surface area contributed by atoms with Crippen LogP contribution in [-0.4, -0.2) is 16.9 Å². The van der Waals surface area contributed by atoms with Crippen LogP contribution in [0.2, 0.25) is 5.02 Å². The largest absolute Gasteiger partial charge is 0.373 e. The molecule has 1 aromatic carbocycles. The van der Waals surface area contributed by atoms with Gasteiger partial charge in [-0.1, -0.05) is 24.6 Å². The molecule has 0 saturated heterocycles. The van der Waals surface area contributed by atoms with E-state index >= 15 is 0 Å². The molecule has 21 heavy (non-hydrogen) atoms. The summed E-state index contributed by atoms with van der Waals surface area (Å²) < 4.78 is 0. The van der Waals surface area contributed by atoms with Gasteiger partial charge in [-0.05, 0) is 38.0 Å². The summed E-state index contributed by atoms with van der Waals surface area (Å²) in [4.78, 5) is 16.6. The third-order valence-corrected chi connectivity index (χ3v) is 4.21. The molecule has 0 aliphatic rings. The van der Waals surface area contributed by atoms with Gasteiger partial charge in [0, 0.05) is 16.1 Å². The topological polar surface area (TPSA) is 54.0 Å². The van der Waals surface area contributed by atoms with Crippen molar-refractivity contribution in [3.05, 3.63) is 39.9 Å². The second-order valence-corrected chi connectivity index (χ2v) is 6.14. The summed E-state index contributed by atoms with van der Waals surface area (Å²) in [5, 5.41) is 9.27. The van der Waals surface area contributed by atoms with Gasteiger partial charge in [0.15, 0.2) is 5.13 Å². The van der Waals surface area contributed by atoms with Crippen LogP contribution in [0.5, 0.6) is 0 Å². The zero-order valence-electron chi connectivity index (χ0n) is 12.2. The van der Waals surface area contributed by atoms with Crippen LogP contribution in [0.15, 0.2) is 23.6 Å². The number of amides is 1. The van der Waals surface area contributed by atoms with E-state index in [0.29, 0.717) is 16.6 Å². The molecule has 0 spiro atoms. The predicted octanol–water partition coefficient (Wildman–Crippen LogP) is 4.24. The molecule has 1 atom stereocenters. The molecule has 0 fully saturated rings. The van der Waals surface area contributed by atoms with Crippen molar-refractivity contribution in [3.63, 3.8) is 0 Å². The lowest BCUT2D eigenvalue weighted by atomic mass is 10.1. The zero-order chi connectivity index (χ0) is 15.4. The number of halogens is 1. The number of aromatic nitrogens is 1. The maximum absolute atomic E-state index is 12.3. The van der Waals surface area contributed by atoms with E-state index in [1.165, 1.54) is 11.3 Å². The number of nitrogens with zero attached hydrogens (tertiary/aromatic N) is 1. The summed E-state index contributed by atoms with van der Waals surface area (Å²) in [6.07, 6.45) is 0.669. The summed E-state index contributed by atoms with van der Waals surface area (Å²) in [6, 6.07) is 5.27. The Kier molecular flexibility index (Phi) is 5.20. The molecular weight excluding hydrogens is 306 g/mol. The Hall–Kier alpha value is -1.59. The van der Waals surface area contributed by atoms with Crippen molar-refractivity contribution in [3.8, 4) is 0 Å². The number of rotatable bonds is 5. The monoisotopic (exact) mass is 323 g/mol. The maximum Gasteiger partial charge on any atom is 0.248 e. The minimum atomic E-state index is -0.327. The van der Waals surface area contributed by atoms with Crippen molar-refractivity contribution in [1.82, 2.24) is 4.98 Å². The van der Waals surface area contributed by atoms with Crippen LogP contribution in [0.25, 0.3) is 0 Å². The summed E-state index contributed by atoms with van der Waals surface area (Å²) in [6.45, 7) is 5.84. The van der Waals surface area contributed by atoms with E-state index in [0.717, 1.165) is 16.9 Å². The lowest BCUT2D eigenvalue weighted by Gasteiger charge is -2.18. The number of carbonyl (C=O) groups is 1. The SMILES string of the molecule is CC[C@H](Nc1cc(Cl)ccc1C)C(=O)Nc1nc(C)cs1. The number of carbonyl (C=O) groups excluding carboxylic acids is 1. The molecule has 0 radical (unpaired) electrons. The predicted molar refractivity (Wildman–Crippen MR) is 89.4 cm³/mol. The summed E-state index contributed by atoms with van der Waals surface area (Å²) in [7, 11) is 0. The van der Waals surface area contributed by atoms with E-state index in [9.17, 15) is 4.79 Å². The number of hydrogen-bond donors (Lipinski definition) is 2. The molecule has 2 aromatic rings. The molecule has 1 heterocycles. The second kappa shape index (κ2) is 6.91. The van der Waals surface area contributed by atoms with Crippen LogP contribution in [0.4, 0.5) is 10.8 Å². The molecule has 112 valence electrons. The van der Waals surface area contributed by atoms with E-state index in [4.69, 9.17) is 11.6 Å². The number of thiazole rings is 1. The van der Waals surface area contributed by atoms with Crippen molar-refractivity contribution in [1.29, 1.82) is 0 Å². The normalized spacial score (nSPS) is 12.0. The fraction of sp³-hybridized carbons (Fsp3) is 0.333. The highest BCUT2D eigenvalue weighted by molar-refractivity contribution is 7.13. The van der Waals surface area contributed by atoms with Gasteiger partial charge in [0.1, 0.15) is 6.04 Å². The third-order valence-electron chi connectivity index (χ3n) is 3.10. The van der Waals surface area contributed by atoms with Gasteiger partial charge in [0.05, 0.1) is 5.69 Å². The molecule has 0 aliphatic heterocycles. The lowest BCUT2D eigenvalue weighted by Crippen LogP contribution is -2.34. The zero-order valence-corrected chi connectivity index (χ0v) is 13.8. The van der Waals surface area contributed by atoms with Gasteiger partial charge in [-0.3, -0.25) is 4.79 Å². The fourth-order valence-corrected chi connectivity index (χ4v) is 2.76. The molecule has 2 rings (SSSR count). The van der Waals surface area contributed by atoms with Crippen molar-refractivity contribution in [2.45, 2.75) is 33.2 Å². The number of benzene rings is 1. The molecule has 2 N–H and O–H groups in total. The molecule has 1 aromatic heterocycles. The minimum Gasteiger partial charge on any atom is -0.373 e. The Morgan fingerprint density at radius 3 is 2.81 bits per heavy atom. The molecule has 6 heteroatoms. The first-order valence-electron chi connectivity index (χ1n) is 6.75. The molecule has 0 saturated carbocycles. The smallest absolute Gasteiger partial charge is 0.248 e. The second-order valence-electron chi connectivity index (χ2n) is 4.85. The van der Waals surface area contributed by atoms with Crippen LogP contribution in [0.1, 0.15) is 24.6 Å². The van der Waals surface area contributed by atoms with Crippen molar-refractivity contribution < 1.29 is 4.79 Å². The van der Waals surface area contributed by atoms with Crippen molar-refractivity contribution in [2.75, 3.05) is 10.6 Å². The van der Waals surface area contributed by atoms with Crippen molar-refractivity contribution in [2.24, 2.45) is 0 Å². The third kappa shape index (κ3) is 4.19. The van der Waals surface area contributed by atoms with E-state index in [1.807, 2.05) is 44.4 Å². The Morgan fingerprint density at radius 1 is 1.43 bits per heavy atom. The van der Waals surface area contributed by atoms with Crippen LogP contribution in [0, 0.1) is 13.8 Å². The number of anilines is 2. The Labute approximate surface area is 133 Å². The van der Waals surface area contributed by atoms with Gasteiger partial charge in [-0.15, -0.1) is 11.3 Å². The Bertz CT molecular complexity index is 642. The highest BCUT2D eigenvalue weighted by Crippen LogP contribution is 2.22. The van der Waals surface area contributed by atoms with Crippen LogP contribution in [0.3, 0.4) is 0 Å². The minimum absolute atomic E-state index is 0.0915. The number of hydrogen-bond acceptors (Lipinski definition) is 4. The summed E-state index contributed by atoms with van der Waals surface area (Å²) in [5.41, 5.74) is 2.83.